The Hall–Kier alpha value is -2.12. The molecule has 3 aliphatic rings. The molecule has 4 heterocycles. The van der Waals surface area contributed by atoms with Gasteiger partial charge in [0.1, 0.15) is 11.9 Å². The molecule has 110 valence electrons. The van der Waals surface area contributed by atoms with Crippen LogP contribution in [0.1, 0.15) is 18.0 Å². The Labute approximate surface area is 122 Å². The second-order valence-electron chi connectivity index (χ2n) is 5.29. The smallest absolute Gasteiger partial charge is 0.217 e. The number of hydrazine groups is 1. The SMILES string of the molecule is CN1C(c2cn[nH]c2)C=C2N=C(OC3CCOC3)C=CN21. The molecule has 7 nitrogen and oxygen atoms in total. The number of rotatable bonds is 2. The Morgan fingerprint density at radius 2 is 2.43 bits per heavy atom. The van der Waals surface area contributed by atoms with Gasteiger partial charge < -0.3 is 9.47 Å². The summed E-state index contributed by atoms with van der Waals surface area (Å²) in [6.45, 7) is 1.41. The van der Waals surface area contributed by atoms with E-state index in [-0.39, 0.29) is 12.1 Å². The third-order valence-corrected chi connectivity index (χ3v) is 3.90. The molecule has 21 heavy (non-hydrogen) atoms. The van der Waals surface area contributed by atoms with Gasteiger partial charge in [0, 0.05) is 37.5 Å². The van der Waals surface area contributed by atoms with Crippen LogP contribution in [0.5, 0.6) is 0 Å². The maximum atomic E-state index is 5.86. The van der Waals surface area contributed by atoms with Gasteiger partial charge in [0.05, 0.1) is 25.5 Å². The number of H-pyrrole nitrogens is 1. The summed E-state index contributed by atoms with van der Waals surface area (Å²) < 4.78 is 11.2. The molecule has 1 saturated heterocycles. The number of likely N-dealkylation sites (N-methyl/N-ethyl adjacent to an activating group) is 1. The Morgan fingerprint density at radius 3 is 3.19 bits per heavy atom. The minimum absolute atomic E-state index is 0.115. The van der Waals surface area contributed by atoms with E-state index in [0.717, 1.165) is 24.4 Å². The lowest BCUT2D eigenvalue weighted by molar-refractivity contribution is 0.0805. The van der Waals surface area contributed by atoms with Crippen LogP contribution in [-0.2, 0) is 9.47 Å². The van der Waals surface area contributed by atoms with Crippen molar-refractivity contribution in [1.82, 2.24) is 20.2 Å². The van der Waals surface area contributed by atoms with Crippen molar-refractivity contribution in [2.45, 2.75) is 18.6 Å². The number of aromatic nitrogens is 2. The maximum absolute atomic E-state index is 5.86. The molecule has 0 radical (unpaired) electrons. The molecule has 0 amide bonds. The first-order valence-corrected chi connectivity index (χ1v) is 7.05. The molecule has 0 spiro atoms. The first-order valence-electron chi connectivity index (χ1n) is 7.05. The first-order chi connectivity index (χ1) is 10.3. The summed E-state index contributed by atoms with van der Waals surface area (Å²) in [6.07, 6.45) is 10.7. The van der Waals surface area contributed by atoms with E-state index in [4.69, 9.17) is 9.47 Å². The largest absolute Gasteiger partial charge is 0.472 e. The van der Waals surface area contributed by atoms with E-state index in [2.05, 4.69) is 26.3 Å². The summed E-state index contributed by atoms with van der Waals surface area (Å²) in [5.74, 6) is 1.52. The van der Waals surface area contributed by atoms with Crippen molar-refractivity contribution in [2.24, 2.45) is 4.99 Å². The molecule has 0 saturated carbocycles. The van der Waals surface area contributed by atoms with Crippen molar-refractivity contribution in [2.75, 3.05) is 20.3 Å². The zero-order valence-corrected chi connectivity index (χ0v) is 11.8. The lowest BCUT2D eigenvalue weighted by Gasteiger charge is -2.29. The summed E-state index contributed by atoms with van der Waals surface area (Å²) in [5.41, 5.74) is 1.11. The minimum Gasteiger partial charge on any atom is -0.472 e. The number of fused-ring (bicyclic) bond motifs is 1. The second-order valence-corrected chi connectivity index (χ2v) is 5.29. The molecule has 0 aromatic carbocycles. The molecule has 0 bridgehead atoms. The van der Waals surface area contributed by atoms with Crippen molar-refractivity contribution in [3.8, 4) is 0 Å². The van der Waals surface area contributed by atoms with Gasteiger partial charge in [-0.15, -0.1) is 0 Å². The highest BCUT2D eigenvalue weighted by atomic mass is 16.5. The average molecular weight is 287 g/mol. The number of hydrogen-bond acceptors (Lipinski definition) is 6. The van der Waals surface area contributed by atoms with E-state index in [1.165, 1.54) is 0 Å². The van der Waals surface area contributed by atoms with Crippen LogP contribution in [0.25, 0.3) is 0 Å². The number of nitrogens with one attached hydrogen (secondary N) is 1. The topological polar surface area (TPSA) is 66.0 Å². The zero-order chi connectivity index (χ0) is 14.2. The normalized spacial score (nSPS) is 28.5. The van der Waals surface area contributed by atoms with Crippen LogP contribution in [0.3, 0.4) is 0 Å². The molecule has 1 aromatic heterocycles. The van der Waals surface area contributed by atoms with Crippen LogP contribution in [-0.4, -0.2) is 52.5 Å². The highest BCUT2D eigenvalue weighted by Crippen LogP contribution is 2.34. The lowest BCUT2D eigenvalue weighted by atomic mass is 10.1. The molecule has 1 N–H and O–H groups in total. The summed E-state index contributed by atoms with van der Waals surface area (Å²) in [7, 11) is 2.03. The van der Waals surface area contributed by atoms with Crippen molar-refractivity contribution in [3.05, 3.63) is 42.1 Å². The fourth-order valence-electron chi connectivity index (χ4n) is 2.75. The van der Waals surface area contributed by atoms with Gasteiger partial charge in [0.15, 0.2) is 0 Å². The molecule has 0 aliphatic carbocycles. The van der Waals surface area contributed by atoms with Crippen LogP contribution in [0, 0.1) is 0 Å². The van der Waals surface area contributed by atoms with Gasteiger partial charge in [-0.25, -0.2) is 5.01 Å². The Bertz CT molecular complexity index is 601. The maximum Gasteiger partial charge on any atom is 0.217 e. The van der Waals surface area contributed by atoms with Crippen LogP contribution in [0.2, 0.25) is 0 Å². The van der Waals surface area contributed by atoms with Crippen molar-refractivity contribution >= 4 is 5.90 Å². The van der Waals surface area contributed by atoms with Crippen LogP contribution < -0.4 is 0 Å². The first kappa shape index (κ1) is 12.6. The molecule has 7 heteroatoms. The van der Waals surface area contributed by atoms with Gasteiger partial charge in [-0.2, -0.15) is 10.1 Å². The van der Waals surface area contributed by atoms with Gasteiger partial charge in [-0.3, -0.25) is 10.1 Å². The van der Waals surface area contributed by atoms with Crippen molar-refractivity contribution in [1.29, 1.82) is 0 Å². The predicted molar refractivity (Wildman–Crippen MR) is 75.9 cm³/mol. The highest BCUT2D eigenvalue weighted by Gasteiger charge is 2.32. The molecule has 1 aromatic rings. The highest BCUT2D eigenvalue weighted by molar-refractivity contribution is 5.89. The summed E-state index contributed by atoms with van der Waals surface area (Å²) in [4.78, 5) is 4.58. The molecular formula is C14H17N5O2. The molecule has 1 fully saturated rings. The van der Waals surface area contributed by atoms with Gasteiger partial charge >= 0.3 is 0 Å². The fraction of sp³-hybridized carbons (Fsp3) is 0.429. The van der Waals surface area contributed by atoms with E-state index >= 15 is 0 Å². The number of nitrogens with zero attached hydrogens (tertiary/aromatic N) is 4. The van der Waals surface area contributed by atoms with E-state index in [1.54, 1.807) is 0 Å². The number of hydrogen-bond donors (Lipinski definition) is 1. The Balaban J connectivity index is 1.55. The molecule has 2 atom stereocenters. The third kappa shape index (κ3) is 2.24. The number of ether oxygens (including phenoxy) is 2. The predicted octanol–water partition coefficient (Wildman–Crippen LogP) is 1.19. The van der Waals surface area contributed by atoms with Crippen LogP contribution in [0.15, 0.2) is 41.6 Å². The Morgan fingerprint density at radius 1 is 1.48 bits per heavy atom. The second kappa shape index (κ2) is 5.01. The lowest BCUT2D eigenvalue weighted by Crippen LogP contribution is -2.33. The van der Waals surface area contributed by atoms with Crippen molar-refractivity contribution < 1.29 is 9.47 Å². The Kier molecular flexibility index (Phi) is 3.01. The molecule has 2 unspecified atom stereocenters. The zero-order valence-electron chi connectivity index (χ0n) is 11.8. The van der Waals surface area contributed by atoms with E-state index in [9.17, 15) is 0 Å². The molecule has 4 rings (SSSR count). The van der Waals surface area contributed by atoms with E-state index in [0.29, 0.717) is 12.5 Å². The van der Waals surface area contributed by atoms with Gasteiger partial charge in [-0.1, -0.05) is 0 Å². The quantitative estimate of drug-likeness (QED) is 0.885. The summed E-state index contributed by atoms with van der Waals surface area (Å²) >= 11 is 0. The standard InChI is InChI=1S/C14H17N5O2/c1-18-12(10-7-15-16-8-10)6-13-17-14(2-4-19(13)18)21-11-3-5-20-9-11/h2,4,6-8,11-12H,3,5,9H2,1H3,(H,15,16). The average Bonchev–Trinajstić information content (AvgIpc) is 3.20. The van der Waals surface area contributed by atoms with Gasteiger partial charge in [-0.05, 0) is 6.08 Å². The molecular weight excluding hydrogens is 270 g/mol. The van der Waals surface area contributed by atoms with Gasteiger partial charge in [0.2, 0.25) is 5.90 Å². The van der Waals surface area contributed by atoms with Gasteiger partial charge in [0.25, 0.3) is 0 Å². The van der Waals surface area contributed by atoms with Crippen LogP contribution in [0.4, 0.5) is 0 Å². The summed E-state index contributed by atoms with van der Waals surface area (Å²) in [6, 6.07) is 0.126. The molecule has 3 aliphatic heterocycles. The summed E-state index contributed by atoms with van der Waals surface area (Å²) in [5, 5.41) is 11.0. The van der Waals surface area contributed by atoms with Crippen LogP contribution >= 0.6 is 0 Å². The number of aliphatic imine (C=N–C) groups is 1. The third-order valence-electron chi connectivity index (χ3n) is 3.90. The van der Waals surface area contributed by atoms with E-state index < -0.39 is 0 Å². The minimum atomic E-state index is 0.115. The van der Waals surface area contributed by atoms with Crippen molar-refractivity contribution in [3.63, 3.8) is 0 Å². The monoisotopic (exact) mass is 287 g/mol. The van der Waals surface area contributed by atoms with E-state index in [1.807, 2.05) is 36.7 Å². The fourth-order valence-corrected chi connectivity index (χ4v) is 2.75. The number of aromatic amines is 1.